The Bertz CT molecular complexity index is 274. The lowest BCUT2D eigenvalue weighted by Crippen LogP contribution is -2.33. The van der Waals surface area contributed by atoms with Gasteiger partial charge in [-0.1, -0.05) is 0 Å². The number of hydrogen-bond acceptors (Lipinski definition) is 4. The molecule has 64 valence electrons. The molecule has 0 radical (unpaired) electrons. The van der Waals surface area contributed by atoms with E-state index in [-0.39, 0.29) is 42.2 Å². The second-order valence-corrected chi connectivity index (χ2v) is 3.95. The van der Waals surface area contributed by atoms with Crippen molar-refractivity contribution in [2.24, 2.45) is 11.8 Å². The molecule has 2 bridgehead atoms. The second-order valence-electron chi connectivity index (χ2n) is 3.95. The number of cyclic esters (lactones) is 1. The summed E-state index contributed by atoms with van der Waals surface area (Å²) in [6.07, 6.45) is 0.657. The van der Waals surface area contributed by atoms with Crippen molar-refractivity contribution in [3.05, 3.63) is 0 Å². The minimum Gasteiger partial charge on any atom is -0.465 e. The van der Waals surface area contributed by atoms with E-state index in [4.69, 9.17) is 14.2 Å². The van der Waals surface area contributed by atoms with Gasteiger partial charge in [0.1, 0.15) is 18.3 Å². The van der Waals surface area contributed by atoms with E-state index in [1.54, 1.807) is 0 Å². The normalized spacial score (nSPS) is 64.5. The monoisotopic (exact) mass is 168 g/mol. The molecule has 0 unspecified atom stereocenters. The number of esters is 1. The number of carbonyl (C=O) groups is 1. The smallest absolute Gasteiger partial charge is 0.312 e. The zero-order chi connectivity index (χ0) is 7.87. The van der Waals surface area contributed by atoms with Crippen LogP contribution >= 0.6 is 0 Å². The molecular weight excluding hydrogens is 160 g/mol. The van der Waals surface area contributed by atoms with Crippen LogP contribution in [0.4, 0.5) is 0 Å². The molecule has 0 aromatic rings. The van der Waals surface area contributed by atoms with Gasteiger partial charge < -0.3 is 14.2 Å². The van der Waals surface area contributed by atoms with Crippen molar-refractivity contribution in [3.63, 3.8) is 0 Å². The van der Waals surface area contributed by atoms with Crippen LogP contribution in [0.2, 0.25) is 0 Å². The summed E-state index contributed by atoms with van der Waals surface area (Å²) >= 11 is 0. The van der Waals surface area contributed by atoms with Crippen LogP contribution in [0.25, 0.3) is 0 Å². The van der Waals surface area contributed by atoms with Crippen LogP contribution in [0.1, 0.15) is 0 Å². The van der Waals surface area contributed by atoms with Crippen molar-refractivity contribution < 1.29 is 19.0 Å². The molecule has 4 nitrogen and oxygen atoms in total. The third-order valence-corrected chi connectivity index (χ3v) is 3.45. The standard InChI is InChI=1S/C8H8O4/c9-8-3-2(1-10-8)4-6-7(12-6)5(3)11-4/h2-7H,1H2/t2-,3-,4+,5+,6-,7-/m0/s1. The molecule has 0 spiro atoms. The van der Waals surface area contributed by atoms with Gasteiger partial charge in [-0.25, -0.2) is 0 Å². The Morgan fingerprint density at radius 2 is 1.83 bits per heavy atom. The lowest BCUT2D eigenvalue weighted by molar-refractivity contribution is -0.145. The molecule has 0 saturated carbocycles. The van der Waals surface area contributed by atoms with Gasteiger partial charge in [-0.05, 0) is 0 Å². The molecular formula is C8H8O4. The summed E-state index contributed by atoms with van der Waals surface area (Å²) in [5, 5.41) is 0. The summed E-state index contributed by atoms with van der Waals surface area (Å²) in [4.78, 5) is 11.3. The maximum Gasteiger partial charge on any atom is 0.312 e. The molecule has 4 saturated heterocycles. The van der Waals surface area contributed by atoms with Crippen molar-refractivity contribution in [2.45, 2.75) is 24.4 Å². The van der Waals surface area contributed by atoms with E-state index < -0.39 is 0 Å². The Balaban J connectivity index is 1.80. The zero-order valence-corrected chi connectivity index (χ0v) is 6.30. The summed E-state index contributed by atoms with van der Waals surface area (Å²) in [5.74, 6) is 0.187. The maximum atomic E-state index is 11.3. The average Bonchev–Trinajstić information content (AvgIpc) is 2.50. The molecule has 4 fully saturated rings. The van der Waals surface area contributed by atoms with E-state index in [1.807, 2.05) is 0 Å². The first-order valence-electron chi connectivity index (χ1n) is 4.34. The molecule has 4 aliphatic rings. The second kappa shape index (κ2) is 1.54. The Morgan fingerprint density at radius 3 is 2.75 bits per heavy atom. The van der Waals surface area contributed by atoms with Gasteiger partial charge in [0.15, 0.2) is 0 Å². The average molecular weight is 168 g/mol. The van der Waals surface area contributed by atoms with E-state index in [9.17, 15) is 4.79 Å². The highest BCUT2D eigenvalue weighted by Crippen LogP contribution is 2.55. The van der Waals surface area contributed by atoms with E-state index in [1.165, 1.54) is 0 Å². The van der Waals surface area contributed by atoms with Crippen molar-refractivity contribution >= 4 is 5.97 Å². The molecule has 0 amide bonds. The predicted molar refractivity (Wildman–Crippen MR) is 35.3 cm³/mol. The first-order valence-corrected chi connectivity index (χ1v) is 4.34. The van der Waals surface area contributed by atoms with Crippen molar-refractivity contribution in [2.75, 3.05) is 6.61 Å². The highest BCUT2D eigenvalue weighted by atomic mass is 16.7. The SMILES string of the molecule is O=C1OC[C@@H]2[C@H]3O[C@@H]([C@@H]4O[C@H]43)[C@@H]12. The number of rotatable bonds is 0. The van der Waals surface area contributed by atoms with Crippen LogP contribution in [-0.2, 0) is 19.0 Å². The molecule has 4 aliphatic heterocycles. The van der Waals surface area contributed by atoms with Crippen molar-refractivity contribution in [1.82, 2.24) is 0 Å². The third kappa shape index (κ3) is 0.448. The Hall–Kier alpha value is -0.610. The van der Waals surface area contributed by atoms with Gasteiger partial charge in [0.2, 0.25) is 0 Å². The van der Waals surface area contributed by atoms with Crippen molar-refractivity contribution in [1.29, 1.82) is 0 Å². The Labute approximate surface area is 68.8 Å². The number of epoxide rings is 1. The quantitative estimate of drug-likeness (QED) is 0.355. The summed E-state index contributed by atoms with van der Waals surface area (Å²) in [6, 6.07) is 0. The van der Waals surface area contributed by atoms with Crippen molar-refractivity contribution in [3.8, 4) is 0 Å². The number of ether oxygens (including phenoxy) is 3. The van der Waals surface area contributed by atoms with E-state index in [2.05, 4.69) is 0 Å². The first kappa shape index (κ1) is 5.94. The minimum absolute atomic E-state index is 0.0139. The van der Waals surface area contributed by atoms with E-state index in [0.717, 1.165) is 0 Å². The van der Waals surface area contributed by atoms with E-state index in [0.29, 0.717) is 6.61 Å². The zero-order valence-electron chi connectivity index (χ0n) is 6.30. The van der Waals surface area contributed by atoms with E-state index >= 15 is 0 Å². The van der Waals surface area contributed by atoms with Crippen LogP contribution in [0, 0.1) is 11.8 Å². The minimum atomic E-state index is -0.0820. The lowest BCUT2D eigenvalue weighted by Gasteiger charge is -2.11. The predicted octanol–water partition coefficient (Wildman–Crippen LogP) is -0.676. The Morgan fingerprint density at radius 1 is 1.08 bits per heavy atom. The van der Waals surface area contributed by atoms with Gasteiger partial charge in [-0.2, -0.15) is 0 Å². The molecule has 12 heavy (non-hydrogen) atoms. The Kier molecular flexibility index (Phi) is 0.762. The topological polar surface area (TPSA) is 48.1 Å². The van der Waals surface area contributed by atoms with Crippen LogP contribution in [0.5, 0.6) is 0 Å². The molecule has 4 heterocycles. The molecule has 0 aromatic carbocycles. The summed E-state index contributed by atoms with van der Waals surface area (Å²) < 4.78 is 16.0. The van der Waals surface area contributed by atoms with Gasteiger partial charge >= 0.3 is 5.97 Å². The maximum absolute atomic E-state index is 11.3. The molecule has 6 atom stereocenters. The first-order chi connectivity index (χ1) is 5.86. The van der Waals surface area contributed by atoms with Crippen LogP contribution in [-0.4, -0.2) is 37.0 Å². The largest absolute Gasteiger partial charge is 0.465 e. The molecule has 4 rings (SSSR count). The van der Waals surface area contributed by atoms with Gasteiger partial charge in [-0.3, -0.25) is 4.79 Å². The van der Waals surface area contributed by atoms with Gasteiger partial charge in [0, 0.05) is 5.92 Å². The highest BCUT2D eigenvalue weighted by molar-refractivity contribution is 5.77. The highest BCUT2D eigenvalue weighted by Gasteiger charge is 2.72. The fraction of sp³-hybridized carbons (Fsp3) is 0.875. The molecule has 0 aromatic heterocycles. The third-order valence-electron chi connectivity index (χ3n) is 3.45. The fourth-order valence-electron chi connectivity index (χ4n) is 2.86. The van der Waals surface area contributed by atoms with Crippen LogP contribution < -0.4 is 0 Å². The summed E-state index contributed by atoms with van der Waals surface area (Å²) in [6.45, 7) is 0.539. The lowest BCUT2D eigenvalue weighted by atomic mass is 9.81. The molecule has 0 N–H and O–H groups in total. The number of hydrogen-bond donors (Lipinski definition) is 0. The molecule has 0 aliphatic carbocycles. The number of fused-ring (bicyclic) bond motifs is 8. The molecule has 4 heteroatoms. The van der Waals surface area contributed by atoms with Crippen LogP contribution in [0.3, 0.4) is 0 Å². The van der Waals surface area contributed by atoms with Gasteiger partial charge in [-0.15, -0.1) is 0 Å². The van der Waals surface area contributed by atoms with Gasteiger partial charge in [0.05, 0.1) is 18.6 Å². The summed E-state index contributed by atoms with van der Waals surface area (Å²) in [7, 11) is 0. The van der Waals surface area contributed by atoms with Crippen LogP contribution in [0.15, 0.2) is 0 Å². The fourth-order valence-corrected chi connectivity index (χ4v) is 2.86. The number of carbonyl (C=O) groups excluding carboxylic acids is 1. The van der Waals surface area contributed by atoms with Gasteiger partial charge in [0.25, 0.3) is 0 Å². The summed E-state index contributed by atoms with van der Waals surface area (Å²) in [5.41, 5.74) is 0.